The lowest BCUT2D eigenvalue weighted by molar-refractivity contribution is -0.139. The molecule has 1 aliphatic carbocycles. The molecular formula is C27H36BrN3O4S. The van der Waals surface area contributed by atoms with Crippen LogP contribution >= 0.6 is 15.9 Å². The van der Waals surface area contributed by atoms with E-state index in [0.717, 1.165) is 57.4 Å². The Morgan fingerprint density at radius 3 is 2.36 bits per heavy atom. The monoisotopic (exact) mass is 577 g/mol. The summed E-state index contributed by atoms with van der Waals surface area (Å²) in [6, 6.07) is 12.2. The maximum atomic E-state index is 13.7. The summed E-state index contributed by atoms with van der Waals surface area (Å²) in [5, 5.41) is 3.11. The van der Waals surface area contributed by atoms with Crippen LogP contribution in [0.5, 0.6) is 0 Å². The molecule has 0 aliphatic heterocycles. The molecule has 196 valence electrons. The minimum Gasteiger partial charge on any atom is -0.352 e. The summed E-state index contributed by atoms with van der Waals surface area (Å²) in [7, 11) is -3.75. The van der Waals surface area contributed by atoms with E-state index in [1.54, 1.807) is 19.1 Å². The molecule has 0 aromatic heterocycles. The lowest BCUT2D eigenvalue weighted by Gasteiger charge is -2.33. The number of amides is 2. The molecule has 0 saturated heterocycles. The van der Waals surface area contributed by atoms with Crippen LogP contribution in [0.4, 0.5) is 5.69 Å². The number of benzene rings is 2. The van der Waals surface area contributed by atoms with Crippen molar-refractivity contribution >= 4 is 43.5 Å². The van der Waals surface area contributed by atoms with Gasteiger partial charge in [0.2, 0.25) is 21.8 Å². The highest BCUT2D eigenvalue weighted by Gasteiger charge is 2.31. The molecule has 1 fully saturated rings. The number of rotatable bonds is 9. The Hall–Kier alpha value is -2.39. The summed E-state index contributed by atoms with van der Waals surface area (Å²) >= 11 is 3.46. The molecule has 36 heavy (non-hydrogen) atoms. The molecule has 0 heterocycles. The van der Waals surface area contributed by atoms with Gasteiger partial charge in [0.25, 0.3) is 0 Å². The van der Waals surface area contributed by atoms with Crippen molar-refractivity contribution in [2.75, 3.05) is 17.1 Å². The quantitative estimate of drug-likeness (QED) is 0.468. The van der Waals surface area contributed by atoms with E-state index in [9.17, 15) is 18.0 Å². The highest BCUT2D eigenvalue weighted by molar-refractivity contribution is 9.10. The topological polar surface area (TPSA) is 86.8 Å². The summed E-state index contributed by atoms with van der Waals surface area (Å²) in [6.45, 7) is 5.34. The minimum atomic E-state index is -3.75. The predicted molar refractivity (Wildman–Crippen MR) is 147 cm³/mol. The maximum Gasteiger partial charge on any atom is 0.244 e. The first-order chi connectivity index (χ1) is 17.0. The fourth-order valence-electron chi connectivity index (χ4n) is 4.48. The van der Waals surface area contributed by atoms with Gasteiger partial charge < -0.3 is 10.2 Å². The van der Waals surface area contributed by atoms with Crippen molar-refractivity contribution in [2.24, 2.45) is 0 Å². The van der Waals surface area contributed by atoms with Gasteiger partial charge in [0.1, 0.15) is 12.6 Å². The first-order valence-corrected chi connectivity index (χ1v) is 15.0. The summed E-state index contributed by atoms with van der Waals surface area (Å²) in [5.74, 6) is -0.660. The number of anilines is 1. The van der Waals surface area contributed by atoms with Gasteiger partial charge in [-0.2, -0.15) is 0 Å². The van der Waals surface area contributed by atoms with Crippen LogP contribution in [-0.4, -0.2) is 50.0 Å². The van der Waals surface area contributed by atoms with E-state index in [1.165, 1.54) is 11.3 Å². The first kappa shape index (κ1) is 28.2. The van der Waals surface area contributed by atoms with Crippen LogP contribution in [0.3, 0.4) is 0 Å². The second kappa shape index (κ2) is 12.2. The number of hydrogen-bond acceptors (Lipinski definition) is 4. The summed E-state index contributed by atoms with van der Waals surface area (Å²) < 4.78 is 27.4. The zero-order valence-corrected chi connectivity index (χ0v) is 23.9. The molecule has 0 spiro atoms. The average Bonchev–Trinajstić information content (AvgIpc) is 2.82. The Labute approximate surface area is 223 Å². The molecule has 9 heteroatoms. The number of carbonyl (C=O) groups is 2. The van der Waals surface area contributed by atoms with Crippen LogP contribution in [0.2, 0.25) is 0 Å². The standard InChI is InChI=1S/C27H36BrN3O4S/c1-19-13-14-25(15-20(19)2)31(36(4,34)35)18-26(32)30(17-22-9-8-10-23(28)16-22)21(3)27(33)29-24-11-6-5-7-12-24/h8-10,13-16,21,24H,5-7,11-12,17-18H2,1-4H3,(H,29,33). The molecule has 0 radical (unpaired) electrons. The van der Waals surface area contributed by atoms with Crippen LogP contribution in [0.1, 0.15) is 55.7 Å². The number of carbonyl (C=O) groups excluding carboxylic acids is 2. The van der Waals surface area contributed by atoms with E-state index in [2.05, 4.69) is 21.2 Å². The van der Waals surface area contributed by atoms with Gasteiger partial charge in [0, 0.05) is 17.1 Å². The molecule has 1 saturated carbocycles. The van der Waals surface area contributed by atoms with Gasteiger partial charge in [-0.25, -0.2) is 8.42 Å². The zero-order valence-electron chi connectivity index (χ0n) is 21.5. The smallest absolute Gasteiger partial charge is 0.244 e. The van der Waals surface area contributed by atoms with Crippen LogP contribution in [0, 0.1) is 13.8 Å². The summed E-state index contributed by atoms with van der Waals surface area (Å²) in [6.07, 6.45) is 6.31. The minimum absolute atomic E-state index is 0.111. The third kappa shape index (κ3) is 7.56. The number of halogens is 1. The number of sulfonamides is 1. The van der Waals surface area contributed by atoms with E-state index >= 15 is 0 Å². The first-order valence-electron chi connectivity index (χ1n) is 12.3. The third-order valence-electron chi connectivity index (χ3n) is 6.82. The lowest BCUT2D eigenvalue weighted by atomic mass is 9.95. The van der Waals surface area contributed by atoms with Crippen LogP contribution in [0.15, 0.2) is 46.9 Å². The lowest BCUT2D eigenvalue weighted by Crippen LogP contribution is -2.53. The third-order valence-corrected chi connectivity index (χ3v) is 8.45. The van der Waals surface area contributed by atoms with E-state index < -0.39 is 28.5 Å². The molecule has 1 N–H and O–H groups in total. The molecule has 2 aromatic rings. The van der Waals surface area contributed by atoms with E-state index in [1.807, 2.05) is 44.2 Å². The Morgan fingerprint density at radius 1 is 1.06 bits per heavy atom. The van der Waals surface area contributed by atoms with Crippen molar-refractivity contribution in [2.45, 2.75) is 71.5 Å². The van der Waals surface area contributed by atoms with Gasteiger partial charge in [0.15, 0.2) is 0 Å². The Kier molecular flexibility index (Phi) is 9.58. The molecule has 1 unspecified atom stereocenters. The van der Waals surface area contributed by atoms with Gasteiger partial charge in [-0.05, 0) is 74.6 Å². The second-order valence-corrected chi connectivity index (χ2v) is 12.5. The molecule has 3 rings (SSSR count). The summed E-state index contributed by atoms with van der Waals surface area (Å²) in [4.78, 5) is 28.4. The van der Waals surface area contributed by atoms with Crippen molar-refractivity contribution in [3.05, 3.63) is 63.6 Å². The van der Waals surface area contributed by atoms with Gasteiger partial charge in [-0.1, -0.05) is 53.4 Å². The van der Waals surface area contributed by atoms with Crippen LogP contribution in [0.25, 0.3) is 0 Å². The molecule has 2 aromatic carbocycles. The van der Waals surface area contributed by atoms with Crippen molar-refractivity contribution in [3.63, 3.8) is 0 Å². The summed E-state index contributed by atoms with van der Waals surface area (Å²) in [5.41, 5.74) is 3.23. The van der Waals surface area contributed by atoms with E-state index in [0.29, 0.717) is 5.69 Å². The van der Waals surface area contributed by atoms with E-state index in [-0.39, 0.29) is 18.5 Å². The van der Waals surface area contributed by atoms with Crippen molar-refractivity contribution in [1.29, 1.82) is 0 Å². The molecule has 2 amide bonds. The molecule has 1 aliphatic rings. The normalized spacial score (nSPS) is 15.2. The van der Waals surface area contributed by atoms with Crippen LogP contribution < -0.4 is 9.62 Å². The highest BCUT2D eigenvalue weighted by atomic mass is 79.9. The van der Waals surface area contributed by atoms with Crippen molar-refractivity contribution in [1.82, 2.24) is 10.2 Å². The van der Waals surface area contributed by atoms with Gasteiger partial charge >= 0.3 is 0 Å². The van der Waals surface area contributed by atoms with Crippen molar-refractivity contribution < 1.29 is 18.0 Å². The molecule has 1 atom stereocenters. The van der Waals surface area contributed by atoms with E-state index in [4.69, 9.17) is 0 Å². The predicted octanol–water partition coefficient (Wildman–Crippen LogP) is 4.70. The fourth-order valence-corrected chi connectivity index (χ4v) is 5.77. The van der Waals surface area contributed by atoms with Gasteiger partial charge in [-0.15, -0.1) is 0 Å². The Bertz CT molecular complexity index is 1200. The number of nitrogens with one attached hydrogen (secondary N) is 1. The fraction of sp³-hybridized carbons (Fsp3) is 0.481. The Morgan fingerprint density at radius 2 is 1.75 bits per heavy atom. The number of hydrogen-bond donors (Lipinski definition) is 1. The maximum absolute atomic E-state index is 13.7. The van der Waals surface area contributed by atoms with Crippen LogP contribution in [-0.2, 0) is 26.2 Å². The molecule has 7 nitrogen and oxygen atoms in total. The second-order valence-electron chi connectivity index (χ2n) is 9.71. The molecular weight excluding hydrogens is 542 g/mol. The molecule has 0 bridgehead atoms. The average molecular weight is 579 g/mol. The highest BCUT2D eigenvalue weighted by Crippen LogP contribution is 2.23. The van der Waals surface area contributed by atoms with Crippen molar-refractivity contribution in [3.8, 4) is 0 Å². The van der Waals surface area contributed by atoms with Gasteiger partial charge in [-0.3, -0.25) is 13.9 Å². The number of aryl methyl sites for hydroxylation is 2. The SMILES string of the molecule is Cc1ccc(N(CC(=O)N(Cc2cccc(Br)c2)C(C)C(=O)NC2CCCCC2)S(C)(=O)=O)cc1C. The number of nitrogens with zero attached hydrogens (tertiary/aromatic N) is 2. The Balaban J connectivity index is 1.88. The van der Waals surface area contributed by atoms with Gasteiger partial charge in [0.05, 0.1) is 11.9 Å². The zero-order chi connectivity index (χ0) is 26.5. The largest absolute Gasteiger partial charge is 0.352 e.